The number of nitriles is 1. The van der Waals surface area contributed by atoms with Crippen molar-refractivity contribution in [1.82, 2.24) is 0 Å². The Kier molecular flexibility index (Phi) is 7.85. The van der Waals surface area contributed by atoms with Crippen LogP contribution in [0.1, 0.15) is 16.7 Å². The van der Waals surface area contributed by atoms with Gasteiger partial charge in [-0.2, -0.15) is 5.26 Å². The first-order valence-corrected chi connectivity index (χ1v) is 12.6. The Labute approximate surface area is 229 Å². The standard InChI is InChI=1S/C25H17ClI2N2O4/c1-14-2-4-18(10-19(14)26)30-25(31)17(11-29)6-16-7-20(27)24(21(28)8-16)32-12-15-3-5-22-23(9-15)34-13-33-22/h2-10H,12-13H2,1H3,(H,30,31)/b17-6-. The van der Waals surface area contributed by atoms with Gasteiger partial charge in [-0.15, -0.1) is 0 Å². The van der Waals surface area contributed by atoms with Gasteiger partial charge in [-0.1, -0.05) is 23.7 Å². The van der Waals surface area contributed by atoms with Gasteiger partial charge in [0.2, 0.25) is 6.79 Å². The first-order valence-electron chi connectivity index (χ1n) is 10.0. The van der Waals surface area contributed by atoms with Crippen LogP contribution in [0.2, 0.25) is 5.02 Å². The first-order chi connectivity index (χ1) is 16.3. The van der Waals surface area contributed by atoms with Crippen LogP contribution in [0.4, 0.5) is 5.69 Å². The number of carbonyl (C=O) groups excluding carboxylic acids is 1. The fourth-order valence-electron chi connectivity index (χ4n) is 3.17. The second kappa shape index (κ2) is 10.8. The Bertz CT molecular complexity index is 1330. The highest BCUT2D eigenvalue weighted by molar-refractivity contribution is 14.1. The molecule has 1 aliphatic rings. The molecule has 9 heteroatoms. The highest BCUT2D eigenvalue weighted by Crippen LogP contribution is 2.34. The molecule has 34 heavy (non-hydrogen) atoms. The number of nitrogens with zero attached hydrogens (tertiary/aromatic N) is 1. The van der Waals surface area contributed by atoms with Crippen LogP contribution in [0.15, 0.2) is 54.1 Å². The summed E-state index contributed by atoms with van der Waals surface area (Å²) >= 11 is 10.5. The summed E-state index contributed by atoms with van der Waals surface area (Å²) in [7, 11) is 0. The van der Waals surface area contributed by atoms with Crippen molar-refractivity contribution in [3.05, 3.63) is 83.0 Å². The molecule has 0 spiro atoms. The lowest BCUT2D eigenvalue weighted by molar-refractivity contribution is -0.112. The smallest absolute Gasteiger partial charge is 0.266 e. The lowest BCUT2D eigenvalue weighted by Crippen LogP contribution is -2.13. The lowest BCUT2D eigenvalue weighted by Gasteiger charge is -2.12. The van der Waals surface area contributed by atoms with Crippen molar-refractivity contribution in [2.75, 3.05) is 12.1 Å². The number of aryl methyl sites for hydroxylation is 1. The number of amides is 1. The minimum Gasteiger partial charge on any atom is -0.487 e. The van der Waals surface area contributed by atoms with Gasteiger partial charge in [-0.05, 0) is 111 Å². The summed E-state index contributed by atoms with van der Waals surface area (Å²) in [6.07, 6.45) is 1.55. The molecule has 0 aliphatic carbocycles. The molecule has 0 saturated heterocycles. The molecule has 0 fully saturated rings. The summed E-state index contributed by atoms with van der Waals surface area (Å²) < 4.78 is 18.5. The molecule has 0 radical (unpaired) electrons. The third-order valence-electron chi connectivity index (χ3n) is 4.95. The second-order valence-electron chi connectivity index (χ2n) is 7.38. The van der Waals surface area contributed by atoms with Crippen LogP contribution >= 0.6 is 56.8 Å². The van der Waals surface area contributed by atoms with E-state index in [1.54, 1.807) is 24.3 Å². The average molecular weight is 699 g/mol. The van der Waals surface area contributed by atoms with E-state index in [0.717, 1.165) is 35.3 Å². The molecule has 0 unspecified atom stereocenters. The van der Waals surface area contributed by atoms with Crippen molar-refractivity contribution in [3.63, 3.8) is 0 Å². The third kappa shape index (κ3) is 5.76. The summed E-state index contributed by atoms with van der Waals surface area (Å²) in [5, 5.41) is 12.8. The van der Waals surface area contributed by atoms with Crippen molar-refractivity contribution < 1.29 is 19.0 Å². The Balaban J connectivity index is 1.48. The molecule has 1 aliphatic heterocycles. The molecular formula is C25H17ClI2N2O4. The Morgan fingerprint density at radius 1 is 1.15 bits per heavy atom. The van der Waals surface area contributed by atoms with Crippen LogP contribution in [-0.2, 0) is 11.4 Å². The van der Waals surface area contributed by atoms with Crippen LogP contribution in [0.3, 0.4) is 0 Å². The fraction of sp³-hybridized carbons (Fsp3) is 0.120. The molecule has 0 atom stereocenters. The van der Waals surface area contributed by atoms with Crippen molar-refractivity contribution in [2.45, 2.75) is 13.5 Å². The van der Waals surface area contributed by atoms with Gasteiger partial charge in [-0.25, -0.2) is 0 Å². The SMILES string of the molecule is Cc1ccc(NC(=O)/C(C#N)=C\c2cc(I)c(OCc3ccc4c(c3)OCO4)c(I)c2)cc1Cl. The van der Waals surface area contributed by atoms with Gasteiger partial charge in [0.15, 0.2) is 11.5 Å². The molecule has 4 rings (SSSR count). The van der Waals surface area contributed by atoms with Crippen molar-refractivity contribution in [2.24, 2.45) is 0 Å². The summed E-state index contributed by atoms with van der Waals surface area (Å²) in [5.74, 6) is 1.66. The summed E-state index contributed by atoms with van der Waals surface area (Å²) in [5.41, 5.74) is 3.09. The molecule has 172 valence electrons. The predicted octanol–water partition coefficient (Wildman–Crippen LogP) is 6.71. The van der Waals surface area contributed by atoms with Gasteiger partial charge in [0.1, 0.15) is 24.0 Å². The van der Waals surface area contributed by atoms with Crippen LogP contribution in [0, 0.1) is 25.4 Å². The van der Waals surface area contributed by atoms with Crippen molar-refractivity contribution in [1.29, 1.82) is 5.26 Å². The van der Waals surface area contributed by atoms with E-state index in [-0.39, 0.29) is 12.4 Å². The monoisotopic (exact) mass is 698 g/mol. The van der Waals surface area contributed by atoms with Gasteiger partial charge in [0.05, 0.1) is 7.14 Å². The second-order valence-corrected chi connectivity index (χ2v) is 10.1. The Morgan fingerprint density at radius 2 is 1.88 bits per heavy atom. The highest BCUT2D eigenvalue weighted by Gasteiger charge is 2.15. The number of benzene rings is 3. The number of hydrogen-bond donors (Lipinski definition) is 1. The van der Waals surface area contributed by atoms with Crippen molar-refractivity contribution in [3.8, 4) is 23.3 Å². The number of halogens is 3. The van der Waals surface area contributed by atoms with E-state index in [2.05, 4.69) is 50.5 Å². The largest absolute Gasteiger partial charge is 0.487 e. The van der Waals surface area contributed by atoms with Gasteiger partial charge in [0.25, 0.3) is 5.91 Å². The zero-order chi connectivity index (χ0) is 24.2. The van der Waals surface area contributed by atoms with Gasteiger partial charge in [0, 0.05) is 10.7 Å². The lowest BCUT2D eigenvalue weighted by atomic mass is 10.1. The normalized spacial score (nSPS) is 12.3. The molecule has 0 aromatic heterocycles. The molecule has 3 aromatic carbocycles. The van der Waals surface area contributed by atoms with Crippen molar-refractivity contribution >= 4 is 74.5 Å². The van der Waals surface area contributed by atoms with Crippen LogP contribution < -0.4 is 19.5 Å². The third-order valence-corrected chi connectivity index (χ3v) is 6.96. The summed E-state index contributed by atoms with van der Waals surface area (Å²) in [6, 6.07) is 16.6. The number of carbonyl (C=O) groups is 1. The van der Waals surface area contributed by atoms with Gasteiger partial charge in [-0.3, -0.25) is 4.79 Å². The zero-order valence-corrected chi connectivity index (χ0v) is 22.9. The van der Waals surface area contributed by atoms with E-state index in [1.165, 1.54) is 0 Å². The van der Waals surface area contributed by atoms with E-state index in [0.29, 0.717) is 23.1 Å². The van der Waals surface area contributed by atoms with E-state index in [4.69, 9.17) is 25.8 Å². The molecule has 1 heterocycles. The zero-order valence-electron chi connectivity index (χ0n) is 17.8. The van der Waals surface area contributed by atoms with E-state index in [1.807, 2.05) is 43.3 Å². The number of nitrogens with one attached hydrogen (secondary N) is 1. The summed E-state index contributed by atoms with van der Waals surface area (Å²) in [4.78, 5) is 12.6. The van der Waals surface area contributed by atoms with Gasteiger partial charge >= 0.3 is 0 Å². The van der Waals surface area contributed by atoms with Crippen LogP contribution in [-0.4, -0.2) is 12.7 Å². The van der Waals surface area contributed by atoms with E-state index < -0.39 is 5.91 Å². The Hall–Kier alpha value is -2.49. The maximum Gasteiger partial charge on any atom is 0.266 e. The van der Waals surface area contributed by atoms with Crippen LogP contribution in [0.5, 0.6) is 17.2 Å². The molecular weight excluding hydrogens is 682 g/mol. The summed E-state index contributed by atoms with van der Waals surface area (Å²) in [6.45, 7) is 2.47. The molecule has 3 aromatic rings. The molecule has 0 bridgehead atoms. The minimum absolute atomic E-state index is 0.0164. The molecule has 6 nitrogen and oxygen atoms in total. The van der Waals surface area contributed by atoms with Gasteiger partial charge < -0.3 is 19.5 Å². The first kappa shape index (κ1) is 24.6. The fourth-order valence-corrected chi connectivity index (χ4v) is 5.48. The molecule has 0 saturated carbocycles. The topological polar surface area (TPSA) is 80.6 Å². The van der Waals surface area contributed by atoms with E-state index in [9.17, 15) is 10.1 Å². The maximum absolute atomic E-state index is 12.6. The number of hydrogen-bond acceptors (Lipinski definition) is 5. The predicted molar refractivity (Wildman–Crippen MR) is 147 cm³/mol. The highest BCUT2D eigenvalue weighted by atomic mass is 127. The molecule has 1 N–H and O–H groups in total. The van der Waals surface area contributed by atoms with Crippen LogP contribution in [0.25, 0.3) is 6.08 Å². The average Bonchev–Trinajstić information content (AvgIpc) is 3.27. The number of rotatable bonds is 6. The quantitative estimate of drug-likeness (QED) is 0.176. The number of ether oxygens (including phenoxy) is 3. The minimum atomic E-state index is -0.504. The number of anilines is 1. The maximum atomic E-state index is 12.6. The molecule has 1 amide bonds. The number of fused-ring (bicyclic) bond motifs is 1. The Morgan fingerprint density at radius 3 is 2.59 bits per heavy atom. The van der Waals surface area contributed by atoms with E-state index >= 15 is 0 Å².